The highest BCUT2D eigenvalue weighted by Gasteiger charge is 2.40. The van der Waals surface area contributed by atoms with E-state index in [1.165, 1.54) is 11.1 Å². The Balaban J connectivity index is 1.59. The van der Waals surface area contributed by atoms with Crippen LogP contribution in [0.4, 0.5) is 0 Å². The van der Waals surface area contributed by atoms with E-state index in [4.69, 9.17) is 11.6 Å². The molecule has 96 valence electrons. The molecular weight excluding hydrogens is 226 g/mol. The Morgan fingerprint density at radius 2 is 2.61 bits per heavy atom. The fraction of sp³-hybridized carbons (Fsp3) is 0.533. The number of amides is 1. The Bertz CT molecular complexity index is 629. The minimum atomic E-state index is -2.96. The lowest BCUT2D eigenvalue weighted by molar-refractivity contribution is -0.120. The second-order valence-corrected chi connectivity index (χ2v) is 4.86. The van der Waals surface area contributed by atoms with E-state index in [-0.39, 0.29) is 5.92 Å². The van der Waals surface area contributed by atoms with Crippen LogP contribution < -0.4 is 10.1 Å². The van der Waals surface area contributed by atoms with E-state index in [1.807, 2.05) is 12.1 Å². The quantitative estimate of drug-likeness (QED) is 0.890. The molecule has 0 bridgehead atoms. The van der Waals surface area contributed by atoms with Gasteiger partial charge >= 0.3 is 0 Å². The summed E-state index contributed by atoms with van der Waals surface area (Å²) in [4.78, 5) is 11.8. The maximum Gasteiger partial charge on any atom is 0.219 e. The molecule has 1 aliphatic heterocycles. The van der Waals surface area contributed by atoms with Crippen molar-refractivity contribution in [2.45, 2.75) is 32.0 Å². The standard InChI is InChI=1S/C15H19NO2/c1-2-15(17)16-9-10-8-13(10)11-4-3-5-14-12(11)6-7-18-14/h3-5,10,13H,2,6-9H2,1H3,(H,16,17)/t10-,13+/m0/s1/i1D3,2D2. The number of hydrogen-bond acceptors (Lipinski definition) is 2. The third-order valence-corrected chi connectivity index (χ3v) is 3.74. The topological polar surface area (TPSA) is 38.3 Å². The number of carbonyl (C=O) groups excluding carboxylic acids is 1. The van der Waals surface area contributed by atoms with Gasteiger partial charge in [0, 0.05) is 31.8 Å². The van der Waals surface area contributed by atoms with Crippen molar-refractivity contribution in [3.8, 4) is 5.75 Å². The number of hydrogen-bond donors (Lipinski definition) is 1. The number of fused-ring (bicyclic) bond motifs is 1. The summed E-state index contributed by atoms with van der Waals surface area (Å²) in [5.74, 6) is 0.407. The van der Waals surface area contributed by atoms with Gasteiger partial charge < -0.3 is 10.1 Å². The molecule has 0 radical (unpaired) electrons. The molecule has 1 aromatic rings. The second kappa shape index (κ2) is 4.63. The van der Waals surface area contributed by atoms with Gasteiger partial charge in [-0.2, -0.15) is 0 Å². The van der Waals surface area contributed by atoms with E-state index in [0.29, 0.717) is 19.1 Å². The summed E-state index contributed by atoms with van der Waals surface area (Å²) < 4.78 is 41.8. The molecule has 0 aromatic heterocycles. The predicted molar refractivity (Wildman–Crippen MR) is 69.8 cm³/mol. The first kappa shape index (κ1) is 7.17. The number of ether oxygens (including phenoxy) is 1. The molecule has 2 aliphatic rings. The Kier molecular flexibility index (Phi) is 1.85. The van der Waals surface area contributed by atoms with Gasteiger partial charge in [0.2, 0.25) is 5.91 Å². The second-order valence-electron chi connectivity index (χ2n) is 4.86. The van der Waals surface area contributed by atoms with Crippen molar-refractivity contribution < 1.29 is 16.4 Å². The van der Waals surface area contributed by atoms with Crippen molar-refractivity contribution in [3.63, 3.8) is 0 Å². The predicted octanol–water partition coefficient (Wildman–Crippen LogP) is 2.25. The molecule has 1 fully saturated rings. The average molecular weight is 250 g/mol. The van der Waals surface area contributed by atoms with Gasteiger partial charge in [-0.25, -0.2) is 0 Å². The molecule has 3 nitrogen and oxygen atoms in total. The van der Waals surface area contributed by atoms with Crippen LogP contribution in [0.1, 0.15) is 43.5 Å². The van der Waals surface area contributed by atoms with Crippen LogP contribution in [0.15, 0.2) is 18.2 Å². The SMILES string of the molecule is [2H]C([2H])([2H])C([2H])([2H])C(=O)NC[C@@H]1C[C@H]1c1cccc2c1CCO2. The fourth-order valence-corrected chi connectivity index (χ4v) is 2.72. The smallest absolute Gasteiger partial charge is 0.219 e. The van der Waals surface area contributed by atoms with Gasteiger partial charge in [-0.1, -0.05) is 19.0 Å². The van der Waals surface area contributed by atoms with Gasteiger partial charge in [0.15, 0.2) is 0 Å². The first-order valence-electron chi connectivity index (χ1n) is 8.74. The molecule has 1 aromatic carbocycles. The van der Waals surface area contributed by atoms with E-state index in [0.717, 1.165) is 18.6 Å². The molecule has 3 heteroatoms. The van der Waals surface area contributed by atoms with Gasteiger partial charge in [-0.05, 0) is 29.9 Å². The van der Waals surface area contributed by atoms with Crippen LogP contribution in [-0.4, -0.2) is 19.1 Å². The zero-order chi connectivity index (χ0) is 16.8. The zero-order valence-electron chi connectivity index (χ0n) is 15.0. The maximum atomic E-state index is 11.8. The van der Waals surface area contributed by atoms with E-state index in [1.54, 1.807) is 0 Å². The van der Waals surface area contributed by atoms with Gasteiger partial charge in [0.1, 0.15) is 5.75 Å². The molecule has 2 atom stereocenters. The van der Waals surface area contributed by atoms with Crippen molar-refractivity contribution in [2.24, 2.45) is 5.92 Å². The van der Waals surface area contributed by atoms with Crippen LogP contribution in [-0.2, 0) is 11.2 Å². The normalized spacial score (nSPS) is 29.9. The molecule has 1 N–H and O–H groups in total. The van der Waals surface area contributed by atoms with Crippen LogP contribution >= 0.6 is 0 Å². The van der Waals surface area contributed by atoms with Crippen LogP contribution in [0.25, 0.3) is 0 Å². The Hall–Kier alpha value is -1.51. The third kappa shape index (κ3) is 2.09. The molecule has 1 amide bonds. The van der Waals surface area contributed by atoms with Crippen molar-refractivity contribution in [1.29, 1.82) is 0 Å². The molecule has 0 saturated heterocycles. The van der Waals surface area contributed by atoms with Crippen molar-refractivity contribution in [2.75, 3.05) is 13.2 Å². The largest absolute Gasteiger partial charge is 0.493 e. The Morgan fingerprint density at radius 1 is 1.67 bits per heavy atom. The third-order valence-electron chi connectivity index (χ3n) is 3.74. The molecular formula is C15H19NO2. The van der Waals surface area contributed by atoms with Gasteiger partial charge in [-0.15, -0.1) is 0 Å². The van der Waals surface area contributed by atoms with E-state index < -0.39 is 19.1 Å². The zero-order valence-corrected chi connectivity index (χ0v) is 10.0. The highest BCUT2D eigenvalue weighted by molar-refractivity contribution is 5.75. The van der Waals surface area contributed by atoms with Crippen LogP contribution in [0, 0.1) is 5.92 Å². The fourth-order valence-electron chi connectivity index (χ4n) is 2.72. The van der Waals surface area contributed by atoms with Gasteiger partial charge in [0.25, 0.3) is 0 Å². The number of benzene rings is 1. The highest BCUT2D eigenvalue weighted by atomic mass is 16.5. The Labute approximate surface area is 115 Å². The summed E-state index contributed by atoms with van der Waals surface area (Å²) in [5, 5.41) is 2.45. The summed E-state index contributed by atoms with van der Waals surface area (Å²) >= 11 is 0. The first-order chi connectivity index (χ1) is 10.7. The van der Waals surface area contributed by atoms with Crippen molar-refractivity contribution in [1.82, 2.24) is 5.32 Å². The molecule has 3 rings (SSSR count). The number of nitrogens with one attached hydrogen (secondary N) is 1. The molecule has 1 aliphatic carbocycles. The lowest BCUT2D eigenvalue weighted by atomic mass is 10.00. The molecule has 1 saturated carbocycles. The maximum absolute atomic E-state index is 11.8. The van der Waals surface area contributed by atoms with Crippen LogP contribution in [0.5, 0.6) is 5.75 Å². The van der Waals surface area contributed by atoms with Crippen LogP contribution in [0.3, 0.4) is 0 Å². The minimum Gasteiger partial charge on any atom is -0.493 e. The van der Waals surface area contributed by atoms with E-state index in [2.05, 4.69) is 11.4 Å². The molecule has 18 heavy (non-hydrogen) atoms. The monoisotopic (exact) mass is 250 g/mol. The minimum absolute atomic E-state index is 0.221. The van der Waals surface area contributed by atoms with E-state index in [9.17, 15) is 4.79 Å². The highest BCUT2D eigenvalue weighted by Crippen LogP contribution is 2.50. The van der Waals surface area contributed by atoms with E-state index >= 15 is 0 Å². The molecule has 0 spiro atoms. The van der Waals surface area contributed by atoms with Gasteiger partial charge in [-0.3, -0.25) is 4.79 Å². The number of rotatable bonds is 4. The Morgan fingerprint density at radius 3 is 3.50 bits per heavy atom. The summed E-state index contributed by atoms with van der Waals surface area (Å²) in [5.41, 5.74) is 2.46. The summed E-state index contributed by atoms with van der Waals surface area (Å²) in [6.45, 7) is -1.97. The average Bonchev–Trinajstić information content (AvgIpc) is 3.08. The summed E-state index contributed by atoms with van der Waals surface area (Å²) in [7, 11) is 0. The molecule has 1 heterocycles. The lowest BCUT2D eigenvalue weighted by Gasteiger charge is -2.07. The molecule has 0 unspecified atom stereocenters. The van der Waals surface area contributed by atoms with Crippen LogP contribution in [0.2, 0.25) is 0 Å². The lowest BCUT2D eigenvalue weighted by Crippen LogP contribution is -2.24. The van der Waals surface area contributed by atoms with Gasteiger partial charge in [0.05, 0.1) is 6.61 Å². The first-order valence-corrected chi connectivity index (χ1v) is 6.24. The van der Waals surface area contributed by atoms with Crippen molar-refractivity contribution >= 4 is 5.91 Å². The summed E-state index contributed by atoms with van der Waals surface area (Å²) in [6.07, 6.45) is -1.06. The number of carbonyl (C=O) groups is 1. The van der Waals surface area contributed by atoms with Crippen molar-refractivity contribution in [3.05, 3.63) is 29.3 Å². The summed E-state index contributed by atoms with van der Waals surface area (Å²) in [6, 6.07) is 5.98.